The molecule has 0 radical (unpaired) electrons. The van der Waals surface area contributed by atoms with Gasteiger partial charge in [-0.05, 0) is 45.3 Å². The zero-order chi connectivity index (χ0) is 12.3. The molecular formula is C14H33N. The van der Waals surface area contributed by atoms with Crippen molar-refractivity contribution in [2.75, 3.05) is 20.6 Å². The van der Waals surface area contributed by atoms with E-state index in [1.54, 1.807) is 0 Å². The average molecular weight is 215 g/mol. The van der Waals surface area contributed by atoms with Gasteiger partial charge in [0.15, 0.2) is 0 Å². The van der Waals surface area contributed by atoms with E-state index in [9.17, 15) is 0 Å². The van der Waals surface area contributed by atoms with Crippen LogP contribution >= 0.6 is 0 Å². The van der Waals surface area contributed by atoms with Crippen LogP contribution in [-0.4, -0.2) is 25.5 Å². The van der Waals surface area contributed by atoms with Gasteiger partial charge in [-0.15, -0.1) is 0 Å². The maximum absolute atomic E-state index is 2.42. The fourth-order valence-corrected chi connectivity index (χ4v) is 1.52. The van der Waals surface area contributed by atoms with Gasteiger partial charge >= 0.3 is 0 Å². The molecule has 0 aromatic carbocycles. The lowest BCUT2D eigenvalue weighted by Crippen LogP contribution is -2.29. The van der Waals surface area contributed by atoms with Crippen LogP contribution in [0, 0.1) is 5.41 Å². The van der Waals surface area contributed by atoms with E-state index in [4.69, 9.17) is 0 Å². The van der Waals surface area contributed by atoms with E-state index in [-0.39, 0.29) is 0 Å². The molecule has 0 atom stereocenters. The summed E-state index contributed by atoms with van der Waals surface area (Å²) in [5.74, 6) is 0. The van der Waals surface area contributed by atoms with Gasteiger partial charge < -0.3 is 4.90 Å². The van der Waals surface area contributed by atoms with Crippen molar-refractivity contribution >= 4 is 0 Å². The molecule has 1 aliphatic carbocycles. The summed E-state index contributed by atoms with van der Waals surface area (Å²) in [4.78, 5) is 2.28. The van der Waals surface area contributed by atoms with Crippen molar-refractivity contribution in [2.45, 2.75) is 66.7 Å². The predicted molar refractivity (Wildman–Crippen MR) is 72.4 cm³/mol. The van der Waals surface area contributed by atoms with Crippen molar-refractivity contribution in [1.82, 2.24) is 4.90 Å². The van der Waals surface area contributed by atoms with E-state index in [1.165, 1.54) is 38.6 Å². The highest BCUT2D eigenvalue weighted by atomic mass is 15.0. The minimum atomic E-state index is 0.713. The molecule has 0 aromatic rings. The lowest BCUT2D eigenvalue weighted by molar-refractivity contribution is 0.131. The van der Waals surface area contributed by atoms with Gasteiger partial charge in [-0.2, -0.15) is 0 Å². The highest BCUT2D eigenvalue weighted by molar-refractivity contribution is 4.83. The molecule has 0 spiro atoms. The summed E-state index contributed by atoms with van der Waals surface area (Å²) in [5, 5.41) is 0. The van der Waals surface area contributed by atoms with E-state index < -0.39 is 0 Å². The minimum absolute atomic E-state index is 0.713. The number of hydrogen-bond acceptors (Lipinski definition) is 1. The van der Waals surface area contributed by atoms with Gasteiger partial charge in [0.1, 0.15) is 0 Å². The van der Waals surface area contributed by atoms with E-state index in [0.717, 1.165) is 0 Å². The lowest BCUT2D eigenvalue weighted by Gasteiger charge is -2.39. The monoisotopic (exact) mass is 215 g/mol. The quantitative estimate of drug-likeness (QED) is 0.666. The van der Waals surface area contributed by atoms with Crippen molar-refractivity contribution in [3.63, 3.8) is 0 Å². The number of nitrogens with zero attached hydrogens (tertiary/aromatic N) is 1. The Labute approximate surface area is 98.2 Å². The molecule has 0 aliphatic heterocycles. The molecule has 94 valence electrons. The third kappa shape index (κ3) is 10.2. The Morgan fingerprint density at radius 3 is 1.67 bits per heavy atom. The Morgan fingerprint density at radius 2 is 1.47 bits per heavy atom. The summed E-state index contributed by atoms with van der Waals surface area (Å²) in [6.07, 6.45) is 7.02. The van der Waals surface area contributed by atoms with Gasteiger partial charge in [-0.3, -0.25) is 0 Å². The standard InChI is InChI=1S/C9H19N.C3H8.C2H6/c1-9(5-4-6-9)7-8-10(2)3;1-3-2;1-2/h4-8H2,1-3H3;3H2,1-2H3;1-2H3. The number of hydrogen-bond donors (Lipinski definition) is 0. The molecule has 0 aromatic heterocycles. The van der Waals surface area contributed by atoms with Crippen LogP contribution in [0.2, 0.25) is 0 Å². The Balaban J connectivity index is 0. The van der Waals surface area contributed by atoms with E-state index in [0.29, 0.717) is 5.41 Å². The molecule has 0 heterocycles. The largest absolute Gasteiger partial charge is 0.309 e. The van der Waals surface area contributed by atoms with Crippen LogP contribution < -0.4 is 0 Å². The van der Waals surface area contributed by atoms with Crippen molar-refractivity contribution in [2.24, 2.45) is 5.41 Å². The fraction of sp³-hybridized carbons (Fsp3) is 1.00. The van der Waals surface area contributed by atoms with Gasteiger partial charge in [0.2, 0.25) is 0 Å². The third-order valence-electron chi connectivity index (χ3n) is 2.72. The van der Waals surface area contributed by atoms with Crippen LogP contribution in [-0.2, 0) is 0 Å². The van der Waals surface area contributed by atoms with Crippen LogP contribution in [0.1, 0.15) is 66.7 Å². The summed E-state index contributed by atoms with van der Waals surface area (Å²) >= 11 is 0. The minimum Gasteiger partial charge on any atom is -0.309 e. The number of rotatable bonds is 3. The van der Waals surface area contributed by atoms with Gasteiger partial charge in [-0.1, -0.05) is 47.5 Å². The van der Waals surface area contributed by atoms with E-state index in [1.807, 2.05) is 13.8 Å². The molecule has 0 amide bonds. The van der Waals surface area contributed by atoms with Gasteiger partial charge in [-0.25, -0.2) is 0 Å². The summed E-state index contributed by atoms with van der Waals surface area (Å²) in [7, 11) is 4.31. The zero-order valence-corrected chi connectivity index (χ0v) is 12.2. The van der Waals surface area contributed by atoms with Crippen LogP contribution in [0.15, 0.2) is 0 Å². The fourth-order valence-electron chi connectivity index (χ4n) is 1.52. The van der Waals surface area contributed by atoms with Crippen LogP contribution in [0.5, 0.6) is 0 Å². The Kier molecular flexibility index (Phi) is 12.1. The molecule has 1 rings (SSSR count). The Bertz CT molecular complexity index is 115. The van der Waals surface area contributed by atoms with Gasteiger partial charge in [0.05, 0.1) is 0 Å². The molecule has 1 fully saturated rings. The summed E-state index contributed by atoms with van der Waals surface area (Å²) < 4.78 is 0. The zero-order valence-electron chi connectivity index (χ0n) is 12.2. The molecule has 0 N–H and O–H groups in total. The third-order valence-corrected chi connectivity index (χ3v) is 2.72. The van der Waals surface area contributed by atoms with Crippen LogP contribution in [0.3, 0.4) is 0 Å². The first-order valence-electron chi connectivity index (χ1n) is 6.69. The average Bonchev–Trinajstić information content (AvgIpc) is 2.16. The van der Waals surface area contributed by atoms with Crippen molar-refractivity contribution in [3.8, 4) is 0 Å². The topological polar surface area (TPSA) is 3.24 Å². The lowest BCUT2D eigenvalue weighted by atomic mass is 9.68. The highest BCUT2D eigenvalue weighted by Gasteiger charge is 2.30. The molecule has 0 unspecified atom stereocenters. The second-order valence-electron chi connectivity index (χ2n) is 4.92. The molecule has 1 saturated carbocycles. The first-order chi connectivity index (χ1) is 7.04. The molecule has 0 bridgehead atoms. The van der Waals surface area contributed by atoms with E-state index in [2.05, 4.69) is 39.8 Å². The second-order valence-corrected chi connectivity index (χ2v) is 4.92. The van der Waals surface area contributed by atoms with Crippen LogP contribution in [0.25, 0.3) is 0 Å². The molecule has 1 heteroatoms. The van der Waals surface area contributed by atoms with Crippen molar-refractivity contribution in [3.05, 3.63) is 0 Å². The first-order valence-corrected chi connectivity index (χ1v) is 6.69. The molecule has 1 nitrogen and oxygen atoms in total. The Morgan fingerprint density at radius 1 is 1.07 bits per heavy atom. The molecule has 15 heavy (non-hydrogen) atoms. The summed E-state index contributed by atoms with van der Waals surface area (Å²) in [6.45, 7) is 11.9. The smallest absolute Gasteiger partial charge is 0.00196 e. The van der Waals surface area contributed by atoms with Crippen molar-refractivity contribution < 1.29 is 0 Å². The van der Waals surface area contributed by atoms with Gasteiger partial charge in [0.25, 0.3) is 0 Å². The molecular weight excluding hydrogens is 182 g/mol. The van der Waals surface area contributed by atoms with Crippen molar-refractivity contribution in [1.29, 1.82) is 0 Å². The molecule has 1 aliphatic rings. The maximum atomic E-state index is 2.42. The summed E-state index contributed by atoms with van der Waals surface area (Å²) in [6, 6.07) is 0. The first kappa shape index (κ1) is 17.4. The molecule has 0 saturated heterocycles. The maximum Gasteiger partial charge on any atom is -0.00196 e. The normalized spacial score (nSPS) is 16.8. The predicted octanol–water partition coefficient (Wildman–Crippen LogP) is 4.57. The van der Waals surface area contributed by atoms with Crippen LogP contribution in [0.4, 0.5) is 0 Å². The second kappa shape index (κ2) is 10.5. The van der Waals surface area contributed by atoms with E-state index >= 15 is 0 Å². The van der Waals surface area contributed by atoms with Gasteiger partial charge in [0, 0.05) is 0 Å². The summed E-state index contributed by atoms with van der Waals surface area (Å²) in [5.41, 5.74) is 0.713. The highest BCUT2D eigenvalue weighted by Crippen LogP contribution is 2.43. The Hall–Kier alpha value is -0.0400. The SMILES string of the molecule is CC.CCC.CN(C)CCC1(C)CCC1.